The Morgan fingerprint density at radius 3 is 2.76 bits per heavy atom. The van der Waals surface area contributed by atoms with Gasteiger partial charge in [-0.05, 0) is 50.5 Å². The summed E-state index contributed by atoms with van der Waals surface area (Å²) in [5.41, 5.74) is 0.973. The Morgan fingerprint density at radius 2 is 2.03 bits per heavy atom. The van der Waals surface area contributed by atoms with Crippen molar-refractivity contribution in [1.82, 2.24) is 15.0 Å². The van der Waals surface area contributed by atoms with E-state index in [2.05, 4.69) is 22.4 Å². The molecule has 0 atom stereocenters. The summed E-state index contributed by atoms with van der Waals surface area (Å²) in [7, 11) is 3.64. The summed E-state index contributed by atoms with van der Waals surface area (Å²) in [5.74, 6) is 0.627. The number of aryl methyl sites for hydroxylation is 1. The van der Waals surface area contributed by atoms with Crippen molar-refractivity contribution in [2.75, 3.05) is 52.3 Å². The largest absolute Gasteiger partial charge is 0.479 e. The number of rotatable bonds is 12. The quantitative estimate of drug-likeness (QED) is 0.363. The lowest BCUT2D eigenvalue weighted by Gasteiger charge is -2.36. The number of hydrogen-bond donors (Lipinski definition) is 1. The molecule has 200 valence electrons. The van der Waals surface area contributed by atoms with Gasteiger partial charge in [-0.25, -0.2) is 0 Å². The van der Waals surface area contributed by atoms with Gasteiger partial charge in [0, 0.05) is 63.2 Å². The Bertz CT molecular complexity index is 1180. The van der Waals surface area contributed by atoms with E-state index in [0.29, 0.717) is 53.8 Å². The molecule has 1 N–H and O–H groups in total. The van der Waals surface area contributed by atoms with Crippen molar-refractivity contribution in [3.63, 3.8) is 0 Å². The predicted molar refractivity (Wildman–Crippen MR) is 139 cm³/mol. The van der Waals surface area contributed by atoms with Crippen LogP contribution in [0.2, 0.25) is 0 Å². The van der Waals surface area contributed by atoms with E-state index in [1.54, 1.807) is 12.1 Å². The van der Waals surface area contributed by atoms with E-state index in [9.17, 15) is 9.59 Å². The van der Waals surface area contributed by atoms with Crippen molar-refractivity contribution in [2.24, 2.45) is 0 Å². The zero-order chi connectivity index (χ0) is 26.2. The molecule has 0 radical (unpaired) electrons. The van der Waals surface area contributed by atoms with Crippen molar-refractivity contribution in [3.05, 3.63) is 41.9 Å². The van der Waals surface area contributed by atoms with Crippen LogP contribution in [-0.2, 0) is 16.0 Å². The van der Waals surface area contributed by atoms with E-state index >= 15 is 0 Å². The van der Waals surface area contributed by atoms with Gasteiger partial charge >= 0.3 is 0 Å². The molecule has 4 rings (SSSR count). The monoisotopic (exact) mass is 512 g/mol. The molecule has 0 unspecified atom stereocenters. The minimum atomic E-state index is -0.247. The third-order valence-corrected chi connectivity index (χ3v) is 6.78. The SMILES string of the molecule is CCOCCCN(C)C1CCN(C(=O)c2oc3ccccc3c2NC(=O)CCc2cc(OC)no2)CC1. The molecule has 0 saturated carbocycles. The average Bonchev–Trinajstić information content (AvgIpc) is 3.54. The number of anilines is 1. The average molecular weight is 513 g/mol. The van der Waals surface area contributed by atoms with Crippen molar-refractivity contribution >= 4 is 28.5 Å². The molecular weight excluding hydrogens is 476 g/mol. The predicted octanol–water partition coefficient (Wildman–Crippen LogP) is 3.96. The lowest BCUT2D eigenvalue weighted by atomic mass is 10.0. The van der Waals surface area contributed by atoms with E-state index in [4.69, 9.17) is 18.4 Å². The van der Waals surface area contributed by atoms with Crippen LogP contribution in [0.5, 0.6) is 5.88 Å². The highest BCUT2D eigenvalue weighted by atomic mass is 16.5. The van der Waals surface area contributed by atoms with Crippen LogP contribution >= 0.6 is 0 Å². The van der Waals surface area contributed by atoms with E-state index in [1.807, 2.05) is 30.0 Å². The van der Waals surface area contributed by atoms with Gasteiger partial charge in [0.05, 0.1) is 7.11 Å². The second-order valence-electron chi connectivity index (χ2n) is 9.24. The number of amides is 2. The molecule has 3 heterocycles. The first-order valence-electron chi connectivity index (χ1n) is 12.9. The Balaban J connectivity index is 1.39. The van der Waals surface area contributed by atoms with E-state index in [1.165, 1.54) is 7.11 Å². The summed E-state index contributed by atoms with van der Waals surface area (Å²) >= 11 is 0. The normalized spacial score (nSPS) is 14.4. The van der Waals surface area contributed by atoms with Gasteiger partial charge in [0.25, 0.3) is 11.8 Å². The lowest BCUT2D eigenvalue weighted by molar-refractivity contribution is -0.116. The molecule has 1 aliphatic heterocycles. The number of likely N-dealkylation sites (tertiary alicyclic amines) is 1. The fourth-order valence-corrected chi connectivity index (χ4v) is 4.66. The number of carbonyl (C=O) groups excluding carboxylic acids is 2. The number of piperidine rings is 1. The Hall–Kier alpha value is -3.37. The second-order valence-corrected chi connectivity index (χ2v) is 9.24. The maximum Gasteiger partial charge on any atom is 0.291 e. The molecule has 1 saturated heterocycles. The number of fused-ring (bicyclic) bond motifs is 1. The maximum atomic E-state index is 13.5. The highest BCUT2D eigenvalue weighted by molar-refractivity contribution is 6.10. The van der Waals surface area contributed by atoms with E-state index in [-0.39, 0.29) is 24.0 Å². The number of nitrogens with zero attached hydrogens (tertiary/aromatic N) is 3. The topological polar surface area (TPSA) is 110 Å². The second kappa shape index (κ2) is 12.7. The van der Waals surface area contributed by atoms with E-state index < -0.39 is 0 Å². The Kier molecular flexibility index (Phi) is 9.19. The molecule has 0 aliphatic carbocycles. The highest BCUT2D eigenvalue weighted by Crippen LogP contribution is 2.33. The van der Waals surface area contributed by atoms with Crippen LogP contribution in [0.15, 0.2) is 39.3 Å². The van der Waals surface area contributed by atoms with Crippen LogP contribution in [0, 0.1) is 0 Å². The molecule has 10 heteroatoms. The molecule has 10 nitrogen and oxygen atoms in total. The molecule has 1 aliphatic rings. The summed E-state index contributed by atoms with van der Waals surface area (Å²) in [6, 6.07) is 9.42. The number of hydrogen-bond acceptors (Lipinski definition) is 8. The zero-order valence-corrected chi connectivity index (χ0v) is 21.8. The fourth-order valence-electron chi connectivity index (χ4n) is 4.66. The standard InChI is InChI=1S/C27H36N4O6/c1-4-35-17-7-14-30(2)19-12-15-31(16-13-19)27(33)26-25(21-8-5-6-9-22(21)36-26)28-23(32)11-10-20-18-24(34-3)29-37-20/h5-6,8-9,18-19H,4,7,10-17H2,1-3H3,(H,28,32). The van der Waals surface area contributed by atoms with Gasteiger partial charge in [-0.1, -0.05) is 12.1 Å². The molecule has 1 aromatic carbocycles. The number of para-hydroxylation sites is 1. The van der Waals surface area contributed by atoms with Gasteiger partial charge in [-0.2, -0.15) is 0 Å². The van der Waals surface area contributed by atoms with Crippen molar-refractivity contribution < 1.29 is 28.0 Å². The number of aromatic nitrogens is 1. The highest BCUT2D eigenvalue weighted by Gasteiger charge is 2.30. The summed E-state index contributed by atoms with van der Waals surface area (Å²) < 4.78 is 21.6. The van der Waals surface area contributed by atoms with Gasteiger partial charge in [0.15, 0.2) is 0 Å². The van der Waals surface area contributed by atoms with Gasteiger partial charge < -0.3 is 33.5 Å². The Labute approximate surface area is 216 Å². The van der Waals surface area contributed by atoms with Crippen LogP contribution in [0.3, 0.4) is 0 Å². The van der Waals surface area contributed by atoms with Crippen molar-refractivity contribution in [1.29, 1.82) is 0 Å². The summed E-state index contributed by atoms with van der Waals surface area (Å²) in [6.45, 7) is 5.76. The van der Waals surface area contributed by atoms with Crippen molar-refractivity contribution in [3.8, 4) is 5.88 Å². The minimum Gasteiger partial charge on any atom is -0.479 e. The third-order valence-electron chi connectivity index (χ3n) is 6.78. The molecule has 1 fully saturated rings. The summed E-state index contributed by atoms with van der Waals surface area (Å²) in [4.78, 5) is 30.5. The van der Waals surface area contributed by atoms with Gasteiger partial charge in [-0.3, -0.25) is 9.59 Å². The van der Waals surface area contributed by atoms with Gasteiger partial charge in [0.1, 0.15) is 17.0 Å². The first-order chi connectivity index (χ1) is 18.0. The van der Waals surface area contributed by atoms with E-state index in [0.717, 1.165) is 39.0 Å². The molecule has 0 spiro atoms. The molecule has 2 aromatic heterocycles. The smallest absolute Gasteiger partial charge is 0.291 e. The number of benzene rings is 1. The minimum absolute atomic E-state index is 0.159. The number of carbonyl (C=O) groups is 2. The number of ether oxygens (including phenoxy) is 2. The lowest BCUT2D eigenvalue weighted by Crippen LogP contribution is -2.46. The summed E-state index contributed by atoms with van der Waals surface area (Å²) in [6.07, 6.45) is 3.29. The van der Waals surface area contributed by atoms with Crippen LogP contribution in [0.4, 0.5) is 5.69 Å². The molecule has 0 bridgehead atoms. The first kappa shape index (κ1) is 26.7. The zero-order valence-electron chi connectivity index (χ0n) is 21.8. The maximum absolute atomic E-state index is 13.5. The van der Waals surface area contributed by atoms with Crippen LogP contribution < -0.4 is 10.1 Å². The van der Waals surface area contributed by atoms with Gasteiger partial charge in [0.2, 0.25) is 11.7 Å². The van der Waals surface area contributed by atoms with Crippen LogP contribution in [0.25, 0.3) is 11.0 Å². The van der Waals surface area contributed by atoms with Crippen molar-refractivity contribution in [2.45, 2.75) is 45.1 Å². The van der Waals surface area contributed by atoms with Gasteiger partial charge in [-0.15, -0.1) is 0 Å². The molecule has 37 heavy (non-hydrogen) atoms. The summed E-state index contributed by atoms with van der Waals surface area (Å²) in [5, 5.41) is 7.36. The fraction of sp³-hybridized carbons (Fsp3) is 0.519. The number of furan rings is 1. The van der Waals surface area contributed by atoms with Crippen LogP contribution in [0.1, 0.15) is 48.9 Å². The number of nitrogens with one attached hydrogen (secondary N) is 1. The van der Waals surface area contributed by atoms with Crippen LogP contribution in [-0.4, -0.2) is 79.8 Å². The number of methoxy groups -OCH3 is 1. The molecular formula is C27H36N4O6. The third kappa shape index (κ3) is 6.69. The Morgan fingerprint density at radius 1 is 1.24 bits per heavy atom. The molecule has 2 amide bonds. The first-order valence-corrected chi connectivity index (χ1v) is 12.9. The molecule has 3 aromatic rings.